The van der Waals surface area contributed by atoms with Crippen molar-refractivity contribution in [3.8, 4) is 5.75 Å². The van der Waals surface area contributed by atoms with Gasteiger partial charge in [-0.25, -0.2) is 0 Å². The molecule has 1 amide bonds. The average Bonchev–Trinajstić information content (AvgIpc) is 2.96. The van der Waals surface area contributed by atoms with E-state index >= 15 is 0 Å². The van der Waals surface area contributed by atoms with Crippen LogP contribution in [0.4, 0.5) is 0 Å². The van der Waals surface area contributed by atoms with Gasteiger partial charge in [0.05, 0.1) is 22.7 Å². The van der Waals surface area contributed by atoms with Gasteiger partial charge in [-0.2, -0.15) is 4.99 Å². The molecule has 0 atom stereocenters. The number of thiazole rings is 1. The van der Waals surface area contributed by atoms with Crippen LogP contribution in [0.2, 0.25) is 0 Å². The summed E-state index contributed by atoms with van der Waals surface area (Å²) in [7, 11) is 3.43. The van der Waals surface area contributed by atoms with Crippen LogP contribution in [0.15, 0.2) is 62.7 Å². The van der Waals surface area contributed by atoms with E-state index in [-0.39, 0.29) is 11.2 Å². The van der Waals surface area contributed by atoms with E-state index in [2.05, 4.69) is 4.99 Å². The first-order chi connectivity index (χ1) is 12.6. The second-order valence-electron chi connectivity index (χ2n) is 5.67. The third-order valence-corrected chi connectivity index (χ3v) is 5.15. The van der Waals surface area contributed by atoms with E-state index in [0.29, 0.717) is 15.8 Å². The summed E-state index contributed by atoms with van der Waals surface area (Å²) in [5.41, 5.74) is 1.03. The van der Waals surface area contributed by atoms with E-state index in [1.165, 1.54) is 17.4 Å². The largest absolute Gasteiger partial charge is 0.497 e. The van der Waals surface area contributed by atoms with Gasteiger partial charge in [-0.1, -0.05) is 23.5 Å². The molecule has 4 aromatic rings. The minimum Gasteiger partial charge on any atom is -0.497 e. The van der Waals surface area contributed by atoms with Crippen molar-refractivity contribution < 1.29 is 13.9 Å². The summed E-state index contributed by atoms with van der Waals surface area (Å²) in [4.78, 5) is 29.3. The predicted molar refractivity (Wildman–Crippen MR) is 99.7 cm³/mol. The molecule has 0 aliphatic carbocycles. The number of aromatic nitrogens is 1. The molecule has 7 heteroatoms. The Labute approximate surface area is 151 Å². The maximum atomic E-state index is 12.5. The third kappa shape index (κ3) is 2.72. The van der Waals surface area contributed by atoms with Gasteiger partial charge in [0.25, 0.3) is 0 Å². The molecule has 0 saturated carbocycles. The van der Waals surface area contributed by atoms with E-state index in [1.807, 2.05) is 29.8 Å². The van der Waals surface area contributed by atoms with Gasteiger partial charge in [-0.3, -0.25) is 9.59 Å². The molecule has 0 unspecified atom stereocenters. The van der Waals surface area contributed by atoms with Crippen LogP contribution in [0.3, 0.4) is 0 Å². The van der Waals surface area contributed by atoms with Crippen molar-refractivity contribution in [1.82, 2.24) is 4.57 Å². The Morgan fingerprint density at radius 3 is 2.81 bits per heavy atom. The maximum Gasteiger partial charge on any atom is 0.315 e. The maximum absolute atomic E-state index is 12.5. The number of para-hydroxylation sites is 1. The highest BCUT2D eigenvalue weighted by atomic mass is 32.1. The molecule has 0 spiro atoms. The van der Waals surface area contributed by atoms with Crippen molar-refractivity contribution in [2.45, 2.75) is 0 Å². The van der Waals surface area contributed by atoms with E-state index in [4.69, 9.17) is 9.15 Å². The summed E-state index contributed by atoms with van der Waals surface area (Å²) in [5, 5.41) is 0.434. The molecule has 2 heterocycles. The third-order valence-electron chi connectivity index (χ3n) is 4.06. The fraction of sp³-hybridized carbons (Fsp3) is 0.105. The highest BCUT2D eigenvalue weighted by Crippen LogP contribution is 2.22. The van der Waals surface area contributed by atoms with Crippen LogP contribution in [0.25, 0.3) is 21.2 Å². The normalized spacial score (nSPS) is 12.0. The number of hydrogen-bond donors (Lipinski definition) is 0. The second-order valence-corrected chi connectivity index (χ2v) is 6.67. The molecular weight excluding hydrogens is 352 g/mol. The minimum absolute atomic E-state index is 0.0799. The number of carbonyl (C=O) groups excluding carboxylic acids is 1. The SMILES string of the molecule is COc1ccc2c(c1)sc(=NC(=O)c1cc(=O)c3ccccc3o1)n2C. The first-order valence-electron chi connectivity index (χ1n) is 7.82. The summed E-state index contributed by atoms with van der Waals surface area (Å²) in [6, 6.07) is 13.6. The van der Waals surface area contributed by atoms with Gasteiger partial charge in [0, 0.05) is 13.1 Å². The number of benzene rings is 2. The van der Waals surface area contributed by atoms with Crippen molar-refractivity contribution in [2.75, 3.05) is 7.11 Å². The molecule has 0 radical (unpaired) electrons. The van der Waals surface area contributed by atoms with E-state index in [0.717, 1.165) is 16.0 Å². The molecule has 0 saturated heterocycles. The Kier molecular flexibility index (Phi) is 3.93. The Hall–Kier alpha value is -3.19. The molecule has 0 N–H and O–H groups in total. The molecule has 2 aromatic carbocycles. The molecule has 6 nitrogen and oxygen atoms in total. The number of nitrogens with zero attached hydrogens (tertiary/aromatic N) is 2. The molecule has 0 bridgehead atoms. The zero-order valence-corrected chi connectivity index (χ0v) is 14.9. The van der Waals surface area contributed by atoms with Crippen molar-refractivity contribution >= 4 is 38.4 Å². The Morgan fingerprint density at radius 1 is 1.19 bits per heavy atom. The zero-order valence-electron chi connectivity index (χ0n) is 14.1. The summed E-state index contributed by atoms with van der Waals surface area (Å²) >= 11 is 1.36. The lowest BCUT2D eigenvalue weighted by Gasteiger charge is -2.00. The monoisotopic (exact) mass is 366 g/mol. The van der Waals surface area contributed by atoms with Crippen LogP contribution >= 0.6 is 11.3 Å². The molecular formula is C19H14N2O4S. The van der Waals surface area contributed by atoms with Gasteiger partial charge >= 0.3 is 5.91 Å². The van der Waals surface area contributed by atoms with Crippen molar-refractivity contribution in [3.63, 3.8) is 0 Å². The first-order valence-corrected chi connectivity index (χ1v) is 8.64. The number of methoxy groups -OCH3 is 1. The highest BCUT2D eigenvalue weighted by Gasteiger charge is 2.13. The Bertz CT molecular complexity index is 1280. The van der Waals surface area contributed by atoms with Crippen LogP contribution in [-0.2, 0) is 7.05 Å². The number of ether oxygens (including phenoxy) is 1. The smallest absolute Gasteiger partial charge is 0.315 e. The predicted octanol–water partition coefficient (Wildman–Crippen LogP) is 3.10. The van der Waals surface area contributed by atoms with Crippen molar-refractivity contribution in [1.29, 1.82) is 0 Å². The van der Waals surface area contributed by atoms with Gasteiger partial charge in [-0.15, -0.1) is 0 Å². The number of amides is 1. The van der Waals surface area contributed by atoms with E-state index in [9.17, 15) is 9.59 Å². The van der Waals surface area contributed by atoms with Crippen LogP contribution in [0, 0.1) is 0 Å². The number of rotatable bonds is 2. The Morgan fingerprint density at radius 2 is 2.00 bits per heavy atom. The topological polar surface area (TPSA) is 73.8 Å². The molecule has 4 rings (SSSR count). The molecule has 26 heavy (non-hydrogen) atoms. The highest BCUT2D eigenvalue weighted by molar-refractivity contribution is 7.16. The quantitative estimate of drug-likeness (QED) is 0.546. The fourth-order valence-corrected chi connectivity index (χ4v) is 3.74. The van der Waals surface area contributed by atoms with Crippen LogP contribution in [0.5, 0.6) is 5.75 Å². The first kappa shape index (κ1) is 16.3. The van der Waals surface area contributed by atoms with Crippen LogP contribution in [-0.4, -0.2) is 17.6 Å². The molecule has 2 aromatic heterocycles. The summed E-state index contributed by atoms with van der Waals surface area (Å²) in [6.45, 7) is 0. The number of aryl methyl sites for hydroxylation is 1. The van der Waals surface area contributed by atoms with Crippen LogP contribution < -0.4 is 15.0 Å². The van der Waals surface area contributed by atoms with Crippen LogP contribution in [0.1, 0.15) is 10.6 Å². The summed E-state index contributed by atoms with van der Waals surface area (Å²) in [6.07, 6.45) is 0. The summed E-state index contributed by atoms with van der Waals surface area (Å²) in [5.74, 6) is 0.0588. The molecule has 0 aliphatic rings. The van der Waals surface area contributed by atoms with Crippen molar-refractivity contribution in [3.05, 3.63) is 69.3 Å². The molecule has 130 valence electrons. The summed E-state index contributed by atoms with van der Waals surface area (Å²) < 4.78 is 13.5. The average molecular weight is 366 g/mol. The van der Waals surface area contributed by atoms with Gasteiger partial charge in [0.1, 0.15) is 11.3 Å². The lowest BCUT2D eigenvalue weighted by Crippen LogP contribution is -2.14. The van der Waals surface area contributed by atoms with Crippen molar-refractivity contribution in [2.24, 2.45) is 12.0 Å². The fourth-order valence-electron chi connectivity index (χ4n) is 2.70. The van der Waals surface area contributed by atoms with Gasteiger partial charge in [0.15, 0.2) is 16.0 Å². The number of hydrogen-bond acceptors (Lipinski definition) is 5. The molecule has 0 aliphatic heterocycles. The van der Waals surface area contributed by atoms with Gasteiger partial charge in [0.2, 0.25) is 0 Å². The van der Waals surface area contributed by atoms with E-state index < -0.39 is 5.91 Å². The second kappa shape index (κ2) is 6.27. The number of carbonyl (C=O) groups is 1. The van der Waals surface area contributed by atoms with Gasteiger partial charge in [-0.05, 0) is 30.3 Å². The standard InChI is InChI=1S/C19H14N2O4S/c1-21-13-8-7-11(24-2)9-17(13)26-19(21)20-18(23)16-10-14(22)12-5-3-4-6-15(12)25-16/h3-10H,1-2H3. The molecule has 0 fully saturated rings. The lowest BCUT2D eigenvalue weighted by atomic mass is 10.2. The Balaban J connectivity index is 1.83. The van der Waals surface area contributed by atoms with E-state index in [1.54, 1.807) is 31.4 Å². The van der Waals surface area contributed by atoms with Gasteiger partial charge < -0.3 is 13.7 Å². The number of fused-ring (bicyclic) bond motifs is 2. The zero-order chi connectivity index (χ0) is 18.3. The minimum atomic E-state index is -0.595. The lowest BCUT2D eigenvalue weighted by molar-refractivity contribution is 0.0972.